The van der Waals surface area contributed by atoms with Crippen molar-refractivity contribution in [3.63, 3.8) is 0 Å². The Balaban J connectivity index is 2.00. The maximum Gasteiger partial charge on any atom is 0.348 e. The first-order chi connectivity index (χ1) is 13.4. The maximum absolute atomic E-state index is 12.8. The van der Waals surface area contributed by atoms with Crippen LogP contribution in [0.5, 0.6) is 11.5 Å². The second kappa shape index (κ2) is 7.83. The summed E-state index contributed by atoms with van der Waals surface area (Å²) in [7, 11) is 4.57. The molecule has 0 saturated carbocycles. The van der Waals surface area contributed by atoms with E-state index in [9.17, 15) is 9.59 Å². The highest BCUT2D eigenvalue weighted by molar-refractivity contribution is 6.08. The summed E-state index contributed by atoms with van der Waals surface area (Å²) < 4.78 is 11.4. The Hall–Kier alpha value is -3.81. The number of nitrogens with one attached hydrogen (secondary N) is 1. The van der Waals surface area contributed by atoms with Gasteiger partial charge >= 0.3 is 5.69 Å². The van der Waals surface area contributed by atoms with Crippen molar-refractivity contribution in [2.45, 2.75) is 0 Å². The summed E-state index contributed by atoms with van der Waals surface area (Å²) in [5, 5.41) is 2.73. The number of anilines is 2. The first-order valence-electron chi connectivity index (χ1n) is 8.41. The van der Waals surface area contributed by atoms with Gasteiger partial charge in [-0.25, -0.2) is 4.79 Å². The lowest BCUT2D eigenvalue weighted by Crippen LogP contribution is -2.30. The molecule has 3 rings (SSSR count). The van der Waals surface area contributed by atoms with Gasteiger partial charge in [0.15, 0.2) is 0 Å². The van der Waals surface area contributed by atoms with Crippen LogP contribution in [-0.2, 0) is 7.05 Å². The van der Waals surface area contributed by atoms with Crippen LogP contribution in [0.15, 0.2) is 53.3 Å². The van der Waals surface area contributed by atoms with Crippen LogP contribution in [0.4, 0.5) is 11.4 Å². The maximum atomic E-state index is 12.8. The molecule has 0 spiro atoms. The molecule has 8 nitrogen and oxygen atoms in total. The molecule has 0 aliphatic rings. The molecular formula is C20H20N4O4. The van der Waals surface area contributed by atoms with Crippen LogP contribution in [0.2, 0.25) is 0 Å². The minimum Gasteiger partial charge on any atom is -0.497 e. The normalized spacial score (nSPS) is 10.4. The number of ether oxygens (including phenoxy) is 2. The largest absolute Gasteiger partial charge is 0.497 e. The van der Waals surface area contributed by atoms with Crippen molar-refractivity contribution in [2.24, 2.45) is 7.05 Å². The predicted molar refractivity (Wildman–Crippen MR) is 107 cm³/mol. The fraction of sp³-hybridized carbons (Fsp3) is 0.150. The number of methoxy groups -OCH3 is 2. The highest BCUT2D eigenvalue weighted by atomic mass is 16.5. The standard InChI is InChI=1S/C20H20N4O4/c1-24-18(19(25)22-13-6-10-15(28-3)11-7-13)16(21)17(23-20(24)26)12-4-8-14(27-2)9-5-12/h4-11H,21H2,1-3H3,(H,22,25). The molecule has 0 fully saturated rings. The summed E-state index contributed by atoms with van der Waals surface area (Å²) in [6.45, 7) is 0. The zero-order chi connectivity index (χ0) is 20.3. The number of benzene rings is 2. The van der Waals surface area contributed by atoms with Crippen molar-refractivity contribution in [1.29, 1.82) is 0 Å². The summed E-state index contributed by atoms with van der Waals surface area (Å²) >= 11 is 0. The van der Waals surface area contributed by atoms with Crippen LogP contribution in [0, 0.1) is 0 Å². The van der Waals surface area contributed by atoms with E-state index >= 15 is 0 Å². The summed E-state index contributed by atoms with van der Waals surface area (Å²) in [5.74, 6) is 0.804. The van der Waals surface area contributed by atoms with Gasteiger partial charge < -0.3 is 20.5 Å². The smallest absolute Gasteiger partial charge is 0.348 e. The van der Waals surface area contributed by atoms with E-state index in [1.165, 1.54) is 7.05 Å². The molecule has 144 valence electrons. The van der Waals surface area contributed by atoms with Gasteiger partial charge in [0, 0.05) is 18.3 Å². The molecule has 0 saturated heterocycles. The van der Waals surface area contributed by atoms with Crippen molar-refractivity contribution in [2.75, 3.05) is 25.3 Å². The second-order valence-corrected chi connectivity index (χ2v) is 5.98. The summed E-state index contributed by atoms with van der Waals surface area (Å²) in [6.07, 6.45) is 0. The van der Waals surface area contributed by atoms with Crippen molar-refractivity contribution >= 4 is 17.3 Å². The van der Waals surface area contributed by atoms with Crippen LogP contribution in [-0.4, -0.2) is 29.7 Å². The van der Waals surface area contributed by atoms with Crippen LogP contribution in [0.3, 0.4) is 0 Å². The number of nitrogens with two attached hydrogens (primary N) is 1. The molecule has 1 amide bonds. The van der Waals surface area contributed by atoms with E-state index in [0.29, 0.717) is 22.7 Å². The van der Waals surface area contributed by atoms with Gasteiger partial charge in [-0.1, -0.05) is 0 Å². The third-order valence-electron chi connectivity index (χ3n) is 4.27. The van der Waals surface area contributed by atoms with E-state index in [1.54, 1.807) is 62.8 Å². The van der Waals surface area contributed by atoms with Crippen LogP contribution < -0.4 is 26.2 Å². The molecule has 8 heteroatoms. The lowest BCUT2D eigenvalue weighted by Gasteiger charge is -2.14. The molecule has 0 aliphatic carbocycles. The highest BCUT2D eigenvalue weighted by Gasteiger charge is 2.20. The number of rotatable bonds is 5. The fourth-order valence-electron chi connectivity index (χ4n) is 2.73. The van der Waals surface area contributed by atoms with Crippen molar-refractivity contribution in [3.8, 4) is 22.8 Å². The van der Waals surface area contributed by atoms with Gasteiger partial charge in [0.1, 0.15) is 22.9 Å². The van der Waals surface area contributed by atoms with Crippen molar-refractivity contribution in [3.05, 3.63) is 64.7 Å². The van der Waals surface area contributed by atoms with E-state index in [1.807, 2.05) is 0 Å². The molecule has 0 atom stereocenters. The van der Waals surface area contributed by atoms with E-state index < -0.39 is 11.6 Å². The average molecular weight is 380 g/mol. The fourth-order valence-corrected chi connectivity index (χ4v) is 2.73. The van der Waals surface area contributed by atoms with Crippen molar-refractivity contribution < 1.29 is 14.3 Å². The molecule has 3 aromatic rings. The molecule has 1 heterocycles. The Bertz CT molecular complexity index is 1060. The molecule has 0 bridgehead atoms. The number of amides is 1. The Morgan fingerprint density at radius 3 is 2.07 bits per heavy atom. The van der Waals surface area contributed by atoms with Gasteiger partial charge in [-0.05, 0) is 48.5 Å². The van der Waals surface area contributed by atoms with E-state index in [4.69, 9.17) is 15.2 Å². The van der Waals surface area contributed by atoms with E-state index in [-0.39, 0.29) is 17.1 Å². The number of hydrogen-bond acceptors (Lipinski definition) is 6. The Kier molecular flexibility index (Phi) is 5.30. The zero-order valence-corrected chi connectivity index (χ0v) is 15.7. The Morgan fingerprint density at radius 2 is 1.54 bits per heavy atom. The highest BCUT2D eigenvalue weighted by Crippen LogP contribution is 2.27. The molecule has 0 radical (unpaired) electrons. The van der Waals surface area contributed by atoms with Gasteiger partial charge in [-0.2, -0.15) is 4.98 Å². The molecule has 3 N–H and O–H groups in total. The number of carbonyl (C=O) groups is 1. The predicted octanol–water partition coefficient (Wildman–Crippen LogP) is 2.30. The van der Waals surface area contributed by atoms with E-state index in [2.05, 4.69) is 10.3 Å². The first-order valence-corrected chi connectivity index (χ1v) is 8.41. The summed E-state index contributed by atoms with van der Waals surface area (Å²) in [6, 6.07) is 13.7. The molecule has 0 aliphatic heterocycles. The van der Waals surface area contributed by atoms with Gasteiger partial charge in [0.05, 0.1) is 19.9 Å². The second-order valence-electron chi connectivity index (χ2n) is 5.98. The van der Waals surface area contributed by atoms with Crippen LogP contribution in [0.1, 0.15) is 10.5 Å². The third-order valence-corrected chi connectivity index (χ3v) is 4.27. The topological polar surface area (TPSA) is 108 Å². The third kappa shape index (κ3) is 3.66. The first kappa shape index (κ1) is 19.0. The summed E-state index contributed by atoms with van der Waals surface area (Å²) in [5.41, 5.74) is 7.17. The number of aromatic nitrogens is 2. The van der Waals surface area contributed by atoms with Crippen molar-refractivity contribution in [1.82, 2.24) is 9.55 Å². The molecule has 0 unspecified atom stereocenters. The zero-order valence-electron chi connectivity index (χ0n) is 15.7. The monoisotopic (exact) mass is 380 g/mol. The number of hydrogen-bond donors (Lipinski definition) is 2. The number of nitrogen functional groups attached to an aromatic ring is 1. The van der Waals surface area contributed by atoms with Gasteiger partial charge in [-0.3, -0.25) is 9.36 Å². The van der Waals surface area contributed by atoms with Crippen LogP contribution in [0.25, 0.3) is 11.3 Å². The molecule has 2 aromatic carbocycles. The Labute approximate surface area is 161 Å². The molecular weight excluding hydrogens is 360 g/mol. The number of carbonyl (C=O) groups excluding carboxylic acids is 1. The van der Waals surface area contributed by atoms with E-state index in [0.717, 1.165) is 4.57 Å². The van der Waals surface area contributed by atoms with Gasteiger partial charge in [0.2, 0.25) is 0 Å². The quantitative estimate of drug-likeness (QED) is 0.703. The summed E-state index contributed by atoms with van der Waals surface area (Å²) in [4.78, 5) is 29.2. The minimum absolute atomic E-state index is 0.0293. The van der Waals surface area contributed by atoms with Crippen LogP contribution >= 0.6 is 0 Å². The SMILES string of the molecule is COc1ccc(NC(=O)c2c(N)c(-c3ccc(OC)cc3)nc(=O)n2C)cc1. The minimum atomic E-state index is -0.583. The lowest BCUT2D eigenvalue weighted by molar-refractivity contribution is 0.101. The lowest BCUT2D eigenvalue weighted by atomic mass is 10.1. The number of nitrogens with zero attached hydrogens (tertiary/aromatic N) is 2. The average Bonchev–Trinajstić information content (AvgIpc) is 2.71. The Morgan fingerprint density at radius 1 is 1.00 bits per heavy atom. The molecule has 28 heavy (non-hydrogen) atoms. The molecule has 1 aromatic heterocycles. The van der Waals surface area contributed by atoms with Gasteiger partial charge in [-0.15, -0.1) is 0 Å². The van der Waals surface area contributed by atoms with Gasteiger partial charge in [0.25, 0.3) is 5.91 Å².